The Labute approximate surface area is 154 Å². The number of carbonyl (C=O) groups excluding carboxylic acids is 2. The molecule has 140 valence electrons. The second kappa shape index (κ2) is 6.36. The molecule has 0 amide bonds. The summed E-state index contributed by atoms with van der Waals surface area (Å²) in [5.74, 6) is 1.85. The molecule has 0 N–H and O–H groups in total. The van der Waals surface area contributed by atoms with Gasteiger partial charge in [-0.05, 0) is 76.2 Å². The monoisotopic (exact) mass is 356 g/mol. The van der Waals surface area contributed by atoms with Crippen molar-refractivity contribution in [2.45, 2.75) is 52.4 Å². The van der Waals surface area contributed by atoms with E-state index in [1.165, 1.54) is 25.3 Å². The summed E-state index contributed by atoms with van der Waals surface area (Å²) in [4.78, 5) is 25.0. The summed E-state index contributed by atoms with van der Waals surface area (Å²) in [5.41, 5.74) is 2.60. The first-order valence-corrected chi connectivity index (χ1v) is 9.74. The number of Topliss-reactive ketones (excluding diaryl/α,β-unsaturated/α-hetero) is 1. The van der Waals surface area contributed by atoms with Crippen LogP contribution < -0.4 is 0 Å². The van der Waals surface area contributed by atoms with E-state index in [1.54, 1.807) is 10.8 Å². The summed E-state index contributed by atoms with van der Waals surface area (Å²) in [6, 6.07) is 0. The van der Waals surface area contributed by atoms with E-state index in [4.69, 9.17) is 4.74 Å². The molecule has 0 spiro atoms. The minimum absolute atomic E-state index is 0.0830. The van der Waals surface area contributed by atoms with Crippen LogP contribution in [0, 0.1) is 37.0 Å². The molecule has 4 saturated carbocycles. The number of aryl methyl sites for hydroxylation is 2. The Morgan fingerprint density at radius 2 is 1.73 bits per heavy atom. The van der Waals surface area contributed by atoms with E-state index in [9.17, 15) is 9.59 Å². The van der Waals surface area contributed by atoms with E-state index in [1.807, 2.05) is 20.9 Å². The molecule has 0 atom stereocenters. The van der Waals surface area contributed by atoms with Crippen LogP contribution in [-0.4, -0.2) is 28.1 Å². The van der Waals surface area contributed by atoms with Gasteiger partial charge in [0.05, 0.1) is 5.69 Å². The number of carbonyl (C=O) groups is 2. The predicted molar refractivity (Wildman–Crippen MR) is 98.3 cm³/mol. The summed E-state index contributed by atoms with van der Waals surface area (Å²) >= 11 is 0. The lowest BCUT2D eigenvalue weighted by atomic mass is 9.48. The van der Waals surface area contributed by atoms with Gasteiger partial charge in [0.1, 0.15) is 0 Å². The molecule has 4 bridgehead atoms. The fraction of sp³-hybridized carbons (Fsp3) is 0.667. The van der Waals surface area contributed by atoms with E-state index in [0.29, 0.717) is 0 Å². The Kier molecular flexibility index (Phi) is 4.28. The highest BCUT2D eigenvalue weighted by atomic mass is 16.5. The number of nitrogens with zero attached hydrogens (tertiary/aromatic N) is 2. The molecule has 5 heteroatoms. The van der Waals surface area contributed by atoms with Crippen molar-refractivity contribution in [3.8, 4) is 0 Å². The molecule has 0 unspecified atom stereocenters. The van der Waals surface area contributed by atoms with Gasteiger partial charge < -0.3 is 4.74 Å². The van der Waals surface area contributed by atoms with Gasteiger partial charge in [-0.15, -0.1) is 0 Å². The van der Waals surface area contributed by atoms with Crippen molar-refractivity contribution >= 4 is 17.8 Å². The lowest BCUT2D eigenvalue weighted by Gasteiger charge is -2.55. The van der Waals surface area contributed by atoms with Crippen LogP contribution in [0.2, 0.25) is 0 Å². The maximum Gasteiger partial charge on any atom is 0.331 e. The fourth-order valence-corrected chi connectivity index (χ4v) is 5.97. The van der Waals surface area contributed by atoms with Crippen LogP contribution in [0.25, 0.3) is 6.08 Å². The van der Waals surface area contributed by atoms with Gasteiger partial charge in [0.15, 0.2) is 12.4 Å². The standard InChI is InChI=1S/C21H28N2O3/c1-13-18(14(2)23(3)22-13)4-5-20(25)26-12-19(24)21-9-15-6-16(10-21)8-17(7-15)11-21/h4-5,15-17H,6-12H2,1-3H3/b5-4+. The first-order chi connectivity index (χ1) is 12.4. The van der Waals surface area contributed by atoms with Gasteiger partial charge in [-0.2, -0.15) is 5.10 Å². The molecule has 1 aromatic rings. The molecule has 0 saturated heterocycles. The average Bonchev–Trinajstić information content (AvgIpc) is 2.81. The molecule has 0 aliphatic heterocycles. The first kappa shape index (κ1) is 17.5. The molecule has 5 rings (SSSR count). The summed E-state index contributed by atoms with van der Waals surface area (Å²) in [5, 5.41) is 4.33. The maximum atomic E-state index is 12.9. The summed E-state index contributed by atoms with van der Waals surface area (Å²) < 4.78 is 7.09. The summed E-state index contributed by atoms with van der Waals surface area (Å²) in [7, 11) is 1.88. The molecule has 26 heavy (non-hydrogen) atoms. The van der Waals surface area contributed by atoms with E-state index in [0.717, 1.165) is 54.0 Å². The van der Waals surface area contributed by atoms with E-state index >= 15 is 0 Å². The number of ketones is 1. The highest BCUT2D eigenvalue weighted by Crippen LogP contribution is 2.60. The molecule has 4 aliphatic carbocycles. The van der Waals surface area contributed by atoms with E-state index in [-0.39, 0.29) is 17.8 Å². The van der Waals surface area contributed by atoms with Crippen LogP contribution in [0.3, 0.4) is 0 Å². The van der Waals surface area contributed by atoms with Crippen LogP contribution in [0.15, 0.2) is 6.08 Å². The van der Waals surface area contributed by atoms with Gasteiger partial charge in [0, 0.05) is 29.8 Å². The van der Waals surface area contributed by atoms with Crippen molar-refractivity contribution in [3.63, 3.8) is 0 Å². The number of hydrogen-bond donors (Lipinski definition) is 0. The number of rotatable bonds is 5. The van der Waals surface area contributed by atoms with Gasteiger partial charge in [0.25, 0.3) is 0 Å². The Morgan fingerprint density at radius 1 is 1.15 bits per heavy atom. The van der Waals surface area contributed by atoms with Crippen molar-refractivity contribution in [1.82, 2.24) is 9.78 Å². The minimum atomic E-state index is -0.453. The summed E-state index contributed by atoms with van der Waals surface area (Å²) in [6.45, 7) is 3.79. The van der Waals surface area contributed by atoms with Gasteiger partial charge in [-0.3, -0.25) is 9.48 Å². The van der Waals surface area contributed by atoms with Crippen LogP contribution in [-0.2, 0) is 21.4 Å². The topological polar surface area (TPSA) is 61.2 Å². The molecule has 4 aliphatic rings. The van der Waals surface area contributed by atoms with Crippen molar-refractivity contribution in [2.75, 3.05) is 6.61 Å². The van der Waals surface area contributed by atoms with Crippen molar-refractivity contribution in [1.29, 1.82) is 0 Å². The Balaban J connectivity index is 1.36. The molecule has 5 nitrogen and oxygen atoms in total. The number of hydrogen-bond acceptors (Lipinski definition) is 4. The third-order valence-corrected chi connectivity index (χ3v) is 6.93. The number of aromatic nitrogens is 2. The third kappa shape index (κ3) is 3.01. The quantitative estimate of drug-likeness (QED) is 0.599. The first-order valence-electron chi connectivity index (χ1n) is 9.74. The Morgan fingerprint density at radius 3 is 2.23 bits per heavy atom. The smallest absolute Gasteiger partial charge is 0.331 e. The number of ether oxygens (including phenoxy) is 1. The average molecular weight is 356 g/mol. The van der Waals surface area contributed by atoms with Crippen LogP contribution >= 0.6 is 0 Å². The summed E-state index contributed by atoms with van der Waals surface area (Å²) in [6.07, 6.45) is 10.1. The van der Waals surface area contributed by atoms with Gasteiger partial charge in [0.2, 0.25) is 0 Å². The highest BCUT2D eigenvalue weighted by molar-refractivity contribution is 5.92. The van der Waals surface area contributed by atoms with Crippen molar-refractivity contribution in [3.05, 3.63) is 23.0 Å². The molecular weight excluding hydrogens is 328 g/mol. The third-order valence-electron chi connectivity index (χ3n) is 6.93. The second-order valence-corrected chi connectivity index (χ2v) is 8.77. The largest absolute Gasteiger partial charge is 0.455 e. The molecule has 4 fully saturated rings. The van der Waals surface area contributed by atoms with Crippen LogP contribution in [0.5, 0.6) is 0 Å². The van der Waals surface area contributed by atoms with Crippen molar-refractivity contribution < 1.29 is 14.3 Å². The van der Waals surface area contributed by atoms with Crippen molar-refractivity contribution in [2.24, 2.45) is 30.2 Å². The lowest BCUT2D eigenvalue weighted by Crippen LogP contribution is -2.51. The second-order valence-electron chi connectivity index (χ2n) is 8.77. The Hall–Kier alpha value is -1.91. The van der Waals surface area contributed by atoms with Gasteiger partial charge in [-0.1, -0.05) is 0 Å². The predicted octanol–water partition coefficient (Wildman–Crippen LogP) is 3.38. The zero-order chi connectivity index (χ0) is 18.5. The van der Waals surface area contributed by atoms with E-state index in [2.05, 4.69) is 5.10 Å². The van der Waals surface area contributed by atoms with Gasteiger partial charge in [-0.25, -0.2) is 4.79 Å². The molecule has 0 aromatic carbocycles. The molecular formula is C21H28N2O3. The van der Waals surface area contributed by atoms with Gasteiger partial charge >= 0.3 is 5.97 Å². The normalized spacial score (nSPS) is 32.3. The zero-order valence-electron chi connectivity index (χ0n) is 16.0. The number of esters is 1. The van der Waals surface area contributed by atoms with Crippen LogP contribution in [0.4, 0.5) is 0 Å². The fourth-order valence-electron chi connectivity index (χ4n) is 5.97. The van der Waals surface area contributed by atoms with Crippen LogP contribution in [0.1, 0.15) is 55.5 Å². The van der Waals surface area contributed by atoms with E-state index < -0.39 is 5.97 Å². The minimum Gasteiger partial charge on any atom is -0.455 e. The lowest BCUT2D eigenvalue weighted by molar-refractivity contribution is -0.155. The molecule has 1 aromatic heterocycles. The Bertz CT molecular complexity index is 739. The molecule has 0 radical (unpaired) electrons. The maximum absolute atomic E-state index is 12.9. The SMILES string of the molecule is Cc1nn(C)c(C)c1/C=C/C(=O)OCC(=O)C12CC3CC(CC(C3)C1)C2. The zero-order valence-corrected chi connectivity index (χ0v) is 16.0. The highest BCUT2D eigenvalue weighted by Gasteiger charge is 2.54. The molecule has 1 heterocycles.